The van der Waals surface area contributed by atoms with Gasteiger partial charge < -0.3 is 5.73 Å². The third-order valence-electron chi connectivity index (χ3n) is 2.38. The fourth-order valence-electron chi connectivity index (χ4n) is 1.24. The van der Waals surface area contributed by atoms with Crippen LogP contribution in [0.5, 0.6) is 0 Å². The second-order valence-electron chi connectivity index (χ2n) is 3.83. The van der Waals surface area contributed by atoms with Crippen LogP contribution in [-0.2, 0) is 5.54 Å². The first-order valence-corrected chi connectivity index (χ1v) is 5.83. The van der Waals surface area contributed by atoms with E-state index in [2.05, 4.69) is 4.98 Å². The van der Waals surface area contributed by atoms with E-state index in [-0.39, 0.29) is 5.01 Å². The molecule has 1 heterocycles. The zero-order chi connectivity index (χ0) is 12.8. The average Bonchev–Trinajstić information content (AvgIpc) is 2.58. The Balaban J connectivity index is 2.57. The predicted molar refractivity (Wildman–Crippen MR) is 62.2 cm³/mol. The van der Waals surface area contributed by atoms with Crippen LogP contribution in [0.25, 0.3) is 10.2 Å². The lowest BCUT2D eigenvalue weighted by Gasteiger charge is -2.24. The van der Waals surface area contributed by atoms with Gasteiger partial charge in [-0.3, -0.25) is 0 Å². The minimum Gasteiger partial charge on any atom is -0.312 e. The molecule has 0 saturated heterocycles. The zero-order valence-electron chi connectivity index (χ0n) is 8.68. The molecule has 0 aliphatic rings. The van der Waals surface area contributed by atoms with E-state index in [0.29, 0.717) is 15.2 Å². The van der Waals surface area contributed by atoms with E-state index in [4.69, 9.17) is 17.3 Å². The van der Waals surface area contributed by atoms with E-state index >= 15 is 0 Å². The Hall–Kier alpha value is -0.850. The maximum atomic E-state index is 12.7. The lowest BCUT2D eigenvalue weighted by Crippen LogP contribution is -2.47. The second kappa shape index (κ2) is 3.83. The van der Waals surface area contributed by atoms with Gasteiger partial charge in [0.2, 0.25) is 0 Å². The summed E-state index contributed by atoms with van der Waals surface area (Å²) in [6, 6.07) is 4.75. The molecule has 0 radical (unpaired) electrons. The molecule has 0 saturated carbocycles. The van der Waals surface area contributed by atoms with Crippen molar-refractivity contribution in [3.63, 3.8) is 0 Å². The first-order valence-electron chi connectivity index (χ1n) is 4.64. The van der Waals surface area contributed by atoms with Gasteiger partial charge in [0, 0.05) is 5.02 Å². The fraction of sp³-hybridized carbons (Fsp3) is 0.300. The Bertz CT molecular complexity index is 562. The van der Waals surface area contributed by atoms with Crippen molar-refractivity contribution < 1.29 is 13.2 Å². The quantitative estimate of drug-likeness (QED) is 0.865. The molecule has 2 nitrogen and oxygen atoms in total. The van der Waals surface area contributed by atoms with Crippen molar-refractivity contribution in [3.8, 4) is 0 Å². The highest BCUT2D eigenvalue weighted by Crippen LogP contribution is 2.39. The summed E-state index contributed by atoms with van der Waals surface area (Å²) in [7, 11) is 0. The van der Waals surface area contributed by atoms with Crippen molar-refractivity contribution in [2.75, 3.05) is 0 Å². The molecule has 17 heavy (non-hydrogen) atoms. The molecule has 0 aliphatic heterocycles. The van der Waals surface area contributed by atoms with Crippen molar-refractivity contribution in [2.45, 2.75) is 18.6 Å². The van der Waals surface area contributed by atoms with Gasteiger partial charge in [-0.25, -0.2) is 4.98 Å². The molecule has 1 unspecified atom stereocenters. The smallest absolute Gasteiger partial charge is 0.312 e. The molecule has 1 aromatic heterocycles. The Kier molecular flexibility index (Phi) is 2.84. The molecule has 7 heteroatoms. The van der Waals surface area contributed by atoms with Crippen molar-refractivity contribution in [3.05, 3.63) is 28.2 Å². The molecule has 1 aromatic carbocycles. The summed E-state index contributed by atoms with van der Waals surface area (Å²) in [5.74, 6) is 0. The number of hydrogen-bond donors (Lipinski definition) is 1. The third-order valence-corrected chi connectivity index (χ3v) is 3.89. The lowest BCUT2D eigenvalue weighted by molar-refractivity contribution is -0.184. The number of nitrogens with two attached hydrogens (primary N) is 1. The van der Waals surface area contributed by atoms with Gasteiger partial charge in [-0.1, -0.05) is 11.6 Å². The molecule has 0 spiro atoms. The van der Waals surface area contributed by atoms with Gasteiger partial charge in [0.1, 0.15) is 5.01 Å². The monoisotopic (exact) mass is 280 g/mol. The Morgan fingerprint density at radius 3 is 2.59 bits per heavy atom. The number of halogens is 4. The Labute approximate surface area is 104 Å². The van der Waals surface area contributed by atoms with E-state index in [1.807, 2.05) is 0 Å². The number of benzene rings is 1. The third kappa shape index (κ3) is 2.12. The molecule has 0 fully saturated rings. The van der Waals surface area contributed by atoms with Gasteiger partial charge in [-0.15, -0.1) is 11.3 Å². The van der Waals surface area contributed by atoms with E-state index < -0.39 is 11.7 Å². The molecule has 2 N–H and O–H groups in total. The summed E-state index contributed by atoms with van der Waals surface area (Å²) in [5, 5.41) is 0.266. The van der Waals surface area contributed by atoms with Crippen molar-refractivity contribution in [2.24, 2.45) is 5.73 Å². The van der Waals surface area contributed by atoms with Gasteiger partial charge in [0.05, 0.1) is 10.2 Å². The normalized spacial score (nSPS) is 16.1. The topological polar surface area (TPSA) is 38.9 Å². The highest BCUT2D eigenvalue weighted by molar-refractivity contribution is 7.18. The SMILES string of the molecule is CC(N)(c1nc2cc(Cl)ccc2s1)C(F)(F)F. The molecule has 2 rings (SSSR count). The standard InChI is InChI=1S/C10H8ClF3N2S/c1-9(15,10(12,13)14)8-16-6-4-5(11)2-3-7(6)17-8/h2-4H,15H2,1H3. The van der Waals surface area contributed by atoms with Gasteiger partial charge in [0.15, 0.2) is 5.54 Å². The summed E-state index contributed by atoms with van der Waals surface area (Å²) in [5.41, 5.74) is 3.29. The first kappa shape index (κ1) is 12.6. The summed E-state index contributed by atoms with van der Waals surface area (Å²) in [4.78, 5) is 3.90. The number of aromatic nitrogens is 1. The number of fused-ring (bicyclic) bond motifs is 1. The van der Waals surface area contributed by atoms with Crippen molar-refractivity contribution in [1.82, 2.24) is 4.98 Å². The number of nitrogens with zero attached hydrogens (tertiary/aromatic N) is 1. The number of rotatable bonds is 1. The van der Waals surface area contributed by atoms with Crippen LogP contribution in [0.15, 0.2) is 18.2 Å². The highest BCUT2D eigenvalue weighted by atomic mass is 35.5. The van der Waals surface area contributed by atoms with Crippen LogP contribution in [0, 0.1) is 0 Å². The molecule has 0 bridgehead atoms. The number of hydrogen-bond acceptors (Lipinski definition) is 3. The molecule has 2 aromatic rings. The highest BCUT2D eigenvalue weighted by Gasteiger charge is 2.51. The van der Waals surface area contributed by atoms with Crippen LogP contribution in [0.2, 0.25) is 5.02 Å². The molecule has 0 amide bonds. The zero-order valence-corrected chi connectivity index (χ0v) is 10.2. The largest absolute Gasteiger partial charge is 0.412 e. The maximum Gasteiger partial charge on any atom is 0.412 e. The van der Waals surface area contributed by atoms with E-state index in [0.717, 1.165) is 18.3 Å². The minimum absolute atomic E-state index is 0.165. The molecular weight excluding hydrogens is 273 g/mol. The van der Waals surface area contributed by atoms with Crippen LogP contribution in [0.1, 0.15) is 11.9 Å². The number of thiazole rings is 1. The summed E-state index contributed by atoms with van der Waals surface area (Å²) >= 11 is 6.67. The predicted octanol–water partition coefficient (Wildman–Crippen LogP) is 3.69. The maximum absolute atomic E-state index is 12.7. The number of alkyl halides is 3. The molecule has 1 atom stereocenters. The Morgan fingerprint density at radius 1 is 1.35 bits per heavy atom. The van der Waals surface area contributed by atoms with E-state index in [1.54, 1.807) is 12.1 Å². The van der Waals surface area contributed by atoms with Crippen LogP contribution in [0.4, 0.5) is 13.2 Å². The van der Waals surface area contributed by atoms with Gasteiger partial charge in [-0.2, -0.15) is 13.2 Å². The van der Waals surface area contributed by atoms with Crippen molar-refractivity contribution in [1.29, 1.82) is 0 Å². The molecule has 0 aliphatic carbocycles. The summed E-state index contributed by atoms with van der Waals surface area (Å²) < 4.78 is 38.9. The average molecular weight is 281 g/mol. The first-order chi connectivity index (χ1) is 7.72. The van der Waals surface area contributed by atoms with Crippen LogP contribution < -0.4 is 5.73 Å². The fourth-order valence-corrected chi connectivity index (χ4v) is 2.44. The molecule has 92 valence electrons. The van der Waals surface area contributed by atoms with Crippen LogP contribution >= 0.6 is 22.9 Å². The minimum atomic E-state index is -4.54. The van der Waals surface area contributed by atoms with Crippen molar-refractivity contribution >= 4 is 33.2 Å². The Morgan fingerprint density at radius 2 is 2.00 bits per heavy atom. The van der Waals surface area contributed by atoms with Crippen LogP contribution in [-0.4, -0.2) is 11.2 Å². The van der Waals surface area contributed by atoms with Crippen LogP contribution in [0.3, 0.4) is 0 Å². The van der Waals surface area contributed by atoms with Gasteiger partial charge >= 0.3 is 6.18 Å². The lowest BCUT2D eigenvalue weighted by atomic mass is 10.1. The van der Waals surface area contributed by atoms with Gasteiger partial charge in [-0.05, 0) is 25.1 Å². The summed E-state index contributed by atoms with van der Waals surface area (Å²) in [6.07, 6.45) is -4.54. The van der Waals surface area contributed by atoms with Gasteiger partial charge in [0.25, 0.3) is 0 Å². The van der Waals surface area contributed by atoms with E-state index in [1.165, 1.54) is 6.07 Å². The summed E-state index contributed by atoms with van der Waals surface area (Å²) in [6.45, 7) is 0.909. The molecular formula is C10H8ClF3N2S. The van der Waals surface area contributed by atoms with E-state index in [9.17, 15) is 13.2 Å². The second-order valence-corrected chi connectivity index (χ2v) is 5.30.